The summed E-state index contributed by atoms with van der Waals surface area (Å²) >= 11 is 0. The number of carboxylic acids is 1. The molecule has 0 heterocycles. The number of benzene rings is 1. The van der Waals surface area contributed by atoms with Crippen molar-refractivity contribution in [2.24, 2.45) is 0 Å². The van der Waals surface area contributed by atoms with Gasteiger partial charge in [0.2, 0.25) is 0 Å². The third-order valence-corrected chi connectivity index (χ3v) is 3.26. The summed E-state index contributed by atoms with van der Waals surface area (Å²) in [5, 5.41) is 11.8. The number of urea groups is 1. The van der Waals surface area contributed by atoms with E-state index in [2.05, 4.69) is 5.32 Å². The van der Waals surface area contributed by atoms with Crippen LogP contribution in [0.1, 0.15) is 37.5 Å². The Hall–Kier alpha value is -2.04. The van der Waals surface area contributed by atoms with E-state index in [9.17, 15) is 9.59 Å². The van der Waals surface area contributed by atoms with Gasteiger partial charge in [0.1, 0.15) is 6.54 Å². The van der Waals surface area contributed by atoms with Crippen LogP contribution in [0.25, 0.3) is 0 Å². The van der Waals surface area contributed by atoms with E-state index in [4.69, 9.17) is 5.11 Å². The highest BCUT2D eigenvalue weighted by atomic mass is 16.4. The number of anilines is 1. The second-order valence-electron chi connectivity index (χ2n) is 6.35. The molecule has 0 radical (unpaired) electrons. The normalized spacial score (nSPS) is 11.1. The summed E-state index contributed by atoms with van der Waals surface area (Å²) in [5.74, 6) is -1.03. The van der Waals surface area contributed by atoms with Gasteiger partial charge in [-0.3, -0.25) is 4.79 Å². The van der Waals surface area contributed by atoms with E-state index >= 15 is 0 Å². The third-order valence-electron chi connectivity index (χ3n) is 3.26. The quantitative estimate of drug-likeness (QED) is 0.897. The average Bonchev–Trinajstić information content (AvgIpc) is 2.28. The van der Waals surface area contributed by atoms with Crippen molar-refractivity contribution < 1.29 is 14.7 Å². The molecule has 0 unspecified atom stereocenters. The molecule has 0 saturated carbocycles. The Labute approximate surface area is 126 Å². The molecule has 1 aromatic rings. The smallest absolute Gasteiger partial charge is 0.323 e. The number of rotatable bonds is 3. The molecule has 0 atom stereocenters. The van der Waals surface area contributed by atoms with Crippen LogP contribution in [0, 0.1) is 20.8 Å². The first-order valence-corrected chi connectivity index (χ1v) is 6.90. The molecule has 0 saturated heterocycles. The molecule has 5 nitrogen and oxygen atoms in total. The number of nitrogens with zero attached hydrogens (tertiary/aromatic N) is 1. The lowest BCUT2D eigenvalue weighted by Crippen LogP contribution is -2.50. The van der Waals surface area contributed by atoms with Crippen molar-refractivity contribution in [3.63, 3.8) is 0 Å². The van der Waals surface area contributed by atoms with Gasteiger partial charge in [-0.25, -0.2) is 4.79 Å². The predicted octanol–water partition coefficient (Wildman–Crippen LogP) is 3.33. The van der Waals surface area contributed by atoms with Crippen LogP contribution in [0.5, 0.6) is 0 Å². The largest absolute Gasteiger partial charge is 0.480 e. The van der Waals surface area contributed by atoms with Gasteiger partial charge in [-0.15, -0.1) is 0 Å². The van der Waals surface area contributed by atoms with Crippen LogP contribution < -0.4 is 5.32 Å². The van der Waals surface area contributed by atoms with Gasteiger partial charge in [0.25, 0.3) is 0 Å². The van der Waals surface area contributed by atoms with Crippen LogP contribution in [0.3, 0.4) is 0 Å². The number of carbonyl (C=O) groups is 2. The van der Waals surface area contributed by atoms with E-state index in [-0.39, 0.29) is 6.54 Å². The first-order valence-electron chi connectivity index (χ1n) is 6.90. The molecule has 2 N–H and O–H groups in total. The van der Waals surface area contributed by atoms with Crippen molar-refractivity contribution in [1.82, 2.24) is 4.90 Å². The molecule has 21 heavy (non-hydrogen) atoms. The minimum atomic E-state index is -1.03. The van der Waals surface area contributed by atoms with Crippen molar-refractivity contribution in [3.8, 4) is 0 Å². The van der Waals surface area contributed by atoms with Crippen LogP contribution in [0.4, 0.5) is 10.5 Å². The number of carboxylic acid groups (broad SMARTS) is 1. The van der Waals surface area contributed by atoms with Gasteiger partial charge in [0.05, 0.1) is 0 Å². The maximum Gasteiger partial charge on any atom is 0.323 e. The zero-order valence-corrected chi connectivity index (χ0v) is 13.6. The zero-order chi connectivity index (χ0) is 16.4. The van der Waals surface area contributed by atoms with Crippen molar-refractivity contribution in [2.75, 3.05) is 11.9 Å². The lowest BCUT2D eigenvalue weighted by atomic mass is 10.0. The van der Waals surface area contributed by atoms with Crippen molar-refractivity contribution in [2.45, 2.75) is 47.1 Å². The molecular formula is C16H24N2O3. The number of aryl methyl sites for hydroxylation is 3. The second kappa shape index (κ2) is 6.16. The van der Waals surface area contributed by atoms with Crippen LogP contribution in [-0.4, -0.2) is 34.1 Å². The molecule has 0 bridgehead atoms. The molecule has 1 aromatic carbocycles. The van der Waals surface area contributed by atoms with Crippen molar-refractivity contribution in [1.29, 1.82) is 0 Å². The first-order chi connectivity index (χ1) is 9.52. The summed E-state index contributed by atoms with van der Waals surface area (Å²) in [6.45, 7) is 10.9. The fourth-order valence-electron chi connectivity index (χ4n) is 2.30. The molecule has 0 aliphatic rings. The van der Waals surface area contributed by atoms with Gasteiger partial charge in [0, 0.05) is 11.2 Å². The van der Waals surface area contributed by atoms with Crippen LogP contribution >= 0.6 is 0 Å². The molecule has 0 aromatic heterocycles. The minimum Gasteiger partial charge on any atom is -0.480 e. The molecule has 0 spiro atoms. The number of hydrogen-bond donors (Lipinski definition) is 2. The summed E-state index contributed by atoms with van der Waals surface area (Å²) in [7, 11) is 0. The molecule has 116 valence electrons. The Balaban J connectivity index is 3.05. The van der Waals surface area contributed by atoms with Gasteiger partial charge in [-0.2, -0.15) is 0 Å². The van der Waals surface area contributed by atoms with E-state index in [1.807, 2.05) is 53.7 Å². The van der Waals surface area contributed by atoms with E-state index in [1.165, 1.54) is 4.90 Å². The Bertz CT molecular complexity index is 536. The lowest BCUT2D eigenvalue weighted by molar-refractivity contribution is -0.138. The molecule has 0 fully saturated rings. The fraction of sp³-hybridized carbons (Fsp3) is 0.500. The lowest BCUT2D eigenvalue weighted by Gasteiger charge is -2.34. The Morgan fingerprint density at radius 1 is 1.14 bits per heavy atom. The molecule has 0 aliphatic carbocycles. The van der Waals surface area contributed by atoms with E-state index in [0.717, 1.165) is 22.4 Å². The summed E-state index contributed by atoms with van der Waals surface area (Å²) in [5.41, 5.74) is 3.22. The SMILES string of the molecule is Cc1cc(C)c(NC(=O)N(CC(=O)O)C(C)(C)C)c(C)c1. The average molecular weight is 292 g/mol. The maximum absolute atomic E-state index is 12.4. The number of nitrogens with one attached hydrogen (secondary N) is 1. The molecule has 2 amide bonds. The van der Waals surface area contributed by atoms with E-state index in [0.29, 0.717) is 0 Å². The van der Waals surface area contributed by atoms with Gasteiger partial charge in [0.15, 0.2) is 0 Å². The maximum atomic E-state index is 12.4. The monoisotopic (exact) mass is 292 g/mol. The number of amides is 2. The summed E-state index contributed by atoms with van der Waals surface area (Å²) in [6.07, 6.45) is 0. The molecule has 1 rings (SSSR count). The zero-order valence-electron chi connectivity index (χ0n) is 13.6. The van der Waals surface area contributed by atoms with Gasteiger partial charge >= 0.3 is 12.0 Å². The summed E-state index contributed by atoms with van der Waals surface area (Å²) in [4.78, 5) is 24.7. The standard InChI is InChI=1S/C16H24N2O3/c1-10-7-11(2)14(12(3)8-10)17-15(21)18(9-13(19)20)16(4,5)6/h7-8H,9H2,1-6H3,(H,17,21)(H,19,20). The first kappa shape index (κ1) is 17.0. The Kier molecular flexibility index (Phi) is 4.99. The van der Waals surface area contributed by atoms with E-state index < -0.39 is 17.5 Å². The van der Waals surface area contributed by atoms with Crippen LogP contribution in [0.2, 0.25) is 0 Å². The highest BCUT2D eigenvalue weighted by Crippen LogP contribution is 2.23. The topological polar surface area (TPSA) is 69.6 Å². The van der Waals surface area contributed by atoms with Crippen LogP contribution in [-0.2, 0) is 4.79 Å². The summed E-state index contributed by atoms with van der Waals surface area (Å²) in [6, 6.07) is 3.57. The van der Waals surface area contributed by atoms with Gasteiger partial charge in [-0.1, -0.05) is 17.7 Å². The molecule has 0 aliphatic heterocycles. The Morgan fingerprint density at radius 3 is 2.00 bits per heavy atom. The predicted molar refractivity (Wildman–Crippen MR) is 83.8 cm³/mol. The Morgan fingerprint density at radius 2 is 1.62 bits per heavy atom. The number of hydrogen-bond acceptors (Lipinski definition) is 2. The highest BCUT2D eigenvalue weighted by molar-refractivity contribution is 5.93. The third kappa shape index (κ3) is 4.48. The summed E-state index contributed by atoms with van der Waals surface area (Å²) < 4.78 is 0. The molecule has 5 heteroatoms. The van der Waals surface area contributed by atoms with Crippen LogP contribution in [0.15, 0.2) is 12.1 Å². The number of carbonyl (C=O) groups excluding carboxylic acids is 1. The van der Waals surface area contributed by atoms with Gasteiger partial charge in [-0.05, 0) is 52.7 Å². The van der Waals surface area contributed by atoms with Crippen molar-refractivity contribution >= 4 is 17.7 Å². The molecular weight excluding hydrogens is 268 g/mol. The number of aliphatic carboxylic acids is 1. The minimum absolute atomic E-state index is 0.334. The fourth-order valence-corrected chi connectivity index (χ4v) is 2.30. The van der Waals surface area contributed by atoms with E-state index in [1.54, 1.807) is 0 Å². The second-order valence-corrected chi connectivity index (χ2v) is 6.35. The van der Waals surface area contributed by atoms with Crippen molar-refractivity contribution in [3.05, 3.63) is 28.8 Å². The van der Waals surface area contributed by atoms with Gasteiger partial charge < -0.3 is 15.3 Å². The highest BCUT2D eigenvalue weighted by Gasteiger charge is 2.28.